The molecule has 0 radical (unpaired) electrons. The van der Waals surface area contributed by atoms with E-state index in [0.717, 1.165) is 30.1 Å². The molecular weight excluding hydrogens is 481 g/mol. The van der Waals surface area contributed by atoms with E-state index in [9.17, 15) is 22.8 Å². The van der Waals surface area contributed by atoms with Crippen molar-refractivity contribution in [1.82, 2.24) is 14.8 Å². The molecule has 1 aromatic carbocycles. The molecule has 7 nitrogen and oxygen atoms in total. The van der Waals surface area contributed by atoms with Crippen LogP contribution >= 0.6 is 11.8 Å². The van der Waals surface area contributed by atoms with E-state index < -0.39 is 23.0 Å². The average molecular weight is 509 g/mol. The number of carbonyl (C=O) groups excluding carboxylic acids is 2. The van der Waals surface area contributed by atoms with E-state index in [0.29, 0.717) is 12.4 Å². The molecule has 2 aromatic rings. The summed E-state index contributed by atoms with van der Waals surface area (Å²) in [6.07, 6.45) is 5.59. The number of anilines is 1. The summed E-state index contributed by atoms with van der Waals surface area (Å²) in [4.78, 5) is 35.4. The molecule has 188 valence electrons. The Morgan fingerprint density at radius 2 is 1.77 bits per heavy atom. The maximum atomic E-state index is 13.3. The highest BCUT2D eigenvalue weighted by Gasteiger charge is 2.52. The highest BCUT2D eigenvalue weighted by molar-refractivity contribution is 8.00. The van der Waals surface area contributed by atoms with Crippen molar-refractivity contribution < 1.29 is 27.5 Å². The lowest BCUT2D eigenvalue weighted by Gasteiger charge is -2.28. The maximum absolute atomic E-state index is 13.3. The minimum absolute atomic E-state index is 0.0241. The van der Waals surface area contributed by atoms with Gasteiger partial charge in [0.15, 0.2) is 0 Å². The van der Waals surface area contributed by atoms with Crippen molar-refractivity contribution in [3.8, 4) is 5.75 Å². The van der Waals surface area contributed by atoms with E-state index in [2.05, 4.69) is 9.88 Å². The minimum atomic E-state index is -4.42. The number of thioether (sulfide) groups is 1. The molecule has 0 spiro atoms. The van der Waals surface area contributed by atoms with Crippen molar-refractivity contribution in [3.63, 3.8) is 0 Å². The van der Waals surface area contributed by atoms with Gasteiger partial charge in [0.1, 0.15) is 17.9 Å². The molecule has 2 aliphatic heterocycles. The van der Waals surface area contributed by atoms with Gasteiger partial charge in [-0.15, -0.1) is 0 Å². The van der Waals surface area contributed by atoms with Gasteiger partial charge in [0.2, 0.25) is 0 Å². The number of halogens is 3. The highest BCUT2D eigenvalue weighted by atomic mass is 32.2. The Balaban J connectivity index is 1.49. The molecule has 0 saturated carbocycles. The van der Waals surface area contributed by atoms with E-state index in [1.165, 1.54) is 42.0 Å². The number of pyridine rings is 1. The Kier molecular flexibility index (Phi) is 7.27. The molecule has 0 aliphatic carbocycles. The van der Waals surface area contributed by atoms with E-state index >= 15 is 0 Å². The zero-order valence-corrected chi connectivity index (χ0v) is 20.4. The summed E-state index contributed by atoms with van der Waals surface area (Å²) in [5.41, 5.74) is -4.64. The molecule has 3 amide bonds. The number of benzene rings is 1. The van der Waals surface area contributed by atoms with Crippen LogP contribution in [0.25, 0.3) is 0 Å². The number of imide groups is 1. The minimum Gasteiger partial charge on any atom is -0.490 e. The fourth-order valence-electron chi connectivity index (χ4n) is 4.26. The van der Waals surface area contributed by atoms with Crippen molar-refractivity contribution in [2.75, 3.05) is 31.1 Å². The van der Waals surface area contributed by atoms with Crippen molar-refractivity contribution in [2.24, 2.45) is 0 Å². The predicted molar refractivity (Wildman–Crippen MR) is 126 cm³/mol. The second-order valence-electron chi connectivity index (χ2n) is 8.99. The number of aromatic nitrogens is 1. The van der Waals surface area contributed by atoms with Gasteiger partial charge in [0.25, 0.3) is 5.91 Å². The summed E-state index contributed by atoms with van der Waals surface area (Å²) in [6.45, 7) is 6.84. The zero-order valence-electron chi connectivity index (χ0n) is 19.5. The van der Waals surface area contributed by atoms with Gasteiger partial charge < -0.3 is 9.64 Å². The summed E-state index contributed by atoms with van der Waals surface area (Å²) in [5.74, 6) is 0.0963. The second-order valence-corrected chi connectivity index (χ2v) is 10.1. The average Bonchev–Trinajstić information content (AvgIpc) is 3.36. The zero-order chi connectivity index (χ0) is 25.2. The third-order valence-corrected chi connectivity index (χ3v) is 6.95. The van der Waals surface area contributed by atoms with Crippen LogP contribution in [0.5, 0.6) is 5.75 Å². The lowest BCUT2D eigenvalue weighted by Crippen LogP contribution is -2.43. The van der Waals surface area contributed by atoms with Crippen molar-refractivity contribution >= 4 is 29.4 Å². The quantitative estimate of drug-likeness (QED) is 0.373. The van der Waals surface area contributed by atoms with E-state index in [1.807, 2.05) is 0 Å². The Labute approximate surface area is 206 Å². The first-order chi connectivity index (χ1) is 16.6. The smallest absolute Gasteiger partial charge is 0.446 e. The molecule has 0 N–H and O–H groups in total. The topological polar surface area (TPSA) is 66.0 Å². The van der Waals surface area contributed by atoms with Gasteiger partial charge in [0, 0.05) is 23.2 Å². The van der Waals surface area contributed by atoms with Crippen LogP contribution in [-0.4, -0.2) is 64.0 Å². The van der Waals surface area contributed by atoms with E-state index in [4.69, 9.17) is 4.74 Å². The Morgan fingerprint density at radius 3 is 2.43 bits per heavy atom. The highest BCUT2D eigenvalue weighted by Crippen LogP contribution is 2.39. The van der Waals surface area contributed by atoms with Gasteiger partial charge in [-0.3, -0.25) is 14.7 Å². The van der Waals surface area contributed by atoms with Gasteiger partial charge in [-0.1, -0.05) is 0 Å². The fraction of sp³-hybridized carbons (Fsp3) is 0.458. The standard InChI is InChI=1S/C24H27F3N4O3S/c1-23(2)21(32)31(18-5-7-19(8-6-18)35-24(25,26)27)22(33)30(23)16-17-9-10-28-15-20(17)34-14-13-29-11-3-4-12-29/h5-10,15H,3-4,11-14,16H2,1-2H3. The second kappa shape index (κ2) is 10.1. The van der Waals surface area contributed by atoms with Crippen LogP contribution in [-0.2, 0) is 11.3 Å². The summed E-state index contributed by atoms with van der Waals surface area (Å²) in [6, 6.07) is 6.41. The number of carbonyl (C=O) groups is 2. The first-order valence-corrected chi connectivity index (χ1v) is 12.2. The lowest BCUT2D eigenvalue weighted by atomic mass is 10.0. The number of amides is 3. The van der Waals surface area contributed by atoms with Crippen LogP contribution in [0.15, 0.2) is 47.6 Å². The number of ether oxygens (including phenoxy) is 1. The normalized spacial score (nSPS) is 18.5. The molecule has 2 aliphatic rings. The molecule has 2 saturated heterocycles. The Bertz CT molecular complexity index is 1070. The molecule has 0 unspecified atom stereocenters. The number of nitrogens with zero attached hydrogens (tertiary/aromatic N) is 4. The van der Waals surface area contributed by atoms with Crippen molar-refractivity contribution in [1.29, 1.82) is 0 Å². The third-order valence-electron chi connectivity index (χ3n) is 6.21. The first-order valence-electron chi connectivity index (χ1n) is 11.4. The fourth-order valence-corrected chi connectivity index (χ4v) is 4.80. The lowest BCUT2D eigenvalue weighted by molar-refractivity contribution is -0.123. The number of rotatable bonds is 8. The molecule has 3 heterocycles. The third kappa shape index (κ3) is 5.72. The van der Waals surface area contributed by atoms with Gasteiger partial charge in [-0.25, -0.2) is 9.69 Å². The largest absolute Gasteiger partial charge is 0.490 e. The van der Waals surface area contributed by atoms with Gasteiger partial charge in [0.05, 0.1) is 18.4 Å². The summed E-state index contributed by atoms with van der Waals surface area (Å²) < 4.78 is 43.9. The maximum Gasteiger partial charge on any atom is 0.446 e. The number of alkyl halides is 3. The molecule has 2 fully saturated rings. The van der Waals surface area contributed by atoms with Crippen LogP contribution in [0.1, 0.15) is 32.3 Å². The predicted octanol–water partition coefficient (Wildman–Crippen LogP) is 4.92. The first kappa shape index (κ1) is 25.3. The van der Waals surface area contributed by atoms with Gasteiger partial charge in [-0.2, -0.15) is 13.2 Å². The van der Waals surface area contributed by atoms with Crippen molar-refractivity contribution in [2.45, 2.75) is 49.2 Å². The summed E-state index contributed by atoms with van der Waals surface area (Å²) in [7, 11) is 0. The monoisotopic (exact) mass is 508 g/mol. The molecule has 35 heavy (non-hydrogen) atoms. The molecule has 11 heteroatoms. The molecule has 0 atom stereocenters. The van der Waals surface area contributed by atoms with Gasteiger partial charge >= 0.3 is 11.5 Å². The van der Waals surface area contributed by atoms with Crippen LogP contribution in [0.3, 0.4) is 0 Å². The molecule has 4 rings (SSSR count). The number of likely N-dealkylation sites (tertiary alicyclic amines) is 1. The van der Waals surface area contributed by atoms with E-state index in [1.54, 1.807) is 32.3 Å². The molecular formula is C24H27F3N4O3S. The Morgan fingerprint density at radius 1 is 1.09 bits per heavy atom. The SMILES string of the molecule is CC1(C)C(=O)N(c2ccc(SC(F)(F)F)cc2)C(=O)N1Cc1ccncc1OCCN1CCCC1. The summed E-state index contributed by atoms with van der Waals surface area (Å²) >= 11 is -0.250. The van der Waals surface area contributed by atoms with Gasteiger partial charge in [-0.05, 0) is 81.9 Å². The van der Waals surface area contributed by atoms with Crippen LogP contribution in [0.4, 0.5) is 23.7 Å². The number of hydrogen-bond donors (Lipinski definition) is 0. The van der Waals surface area contributed by atoms with Crippen molar-refractivity contribution in [3.05, 3.63) is 48.3 Å². The van der Waals surface area contributed by atoms with Crippen LogP contribution in [0, 0.1) is 0 Å². The molecule has 0 bridgehead atoms. The Hall–Kier alpha value is -2.79. The number of hydrogen-bond acceptors (Lipinski definition) is 6. The van der Waals surface area contributed by atoms with Crippen LogP contribution in [0.2, 0.25) is 0 Å². The molecule has 1 aromatic heterocycles. The van der Waals surface area contributed by atoms with Crippen LogP contribution < -0.4 is 9.64 Å². The summed E-state index contributed by atoms with van der Waals surface area (Å²) in [5, 5.41) is 0. The number of urea groups is 1. The van der Waals surface area contributed by atoms with E-state index in [-0.39, 0.29) is 28.9 Å².